The molecule has 0 N–H and O–H groups in total. The number of terminal acetylenes is 1. The van der Waals surface area contributed by atoms with E-state index in [0.717, 1.165) is 22.6 Å². The Morgan fingerprint density at radius 1 is 1.47 bits per heavy atom. The summed E-state index contributed by atoms with van der Waals surface area (Å²) < 4.78 is 0.937. The van der Waals surface area contributed by atoms with Gasteiger partial charge in [-0.05, 0) is 52.9 Å². The Kier molecular flexibility index (Phi) is 3.71. The van der Waals surface area contributed by atoms with E-state index in [4.69, 9.17) is 11.7 Å². The lowest BCUT2D eigenvalue weighted by molar-refractivity contribution is 0.764. The maximum Gasteiger partial charge on any atom is 0.0992 e. The van der Waals surface area contributed by atoms with Crippen molar-refractivity contribution < 1.29 is 0 Å². The first-order valence-electron chi connectivity index (χ1n) is 5.62. The zero-order chi connectivity index (χ0) is 12.3. The maximum atomic E-state index is 8.83. The molecule has 0 aliphatic heterocycles. The Bertz CT molecular complexity index is 492. The van der Waals surface area contributed by atoms with Gasteiger partial charge in [0.05, 0.1) is 23.9 Å². The molecule has 0 atom stereocenters. The minimum absolute atomic E-state index is 0.612. The Morgan fingerprint density at radius 3 is 2.76 bits per heavy atom. The van der Waals surface area contributed by atoms with Crippen LogP contribution in [-0.2, 0) is 0 Å². The lowest BCUT2D eigenvalue weighted by atomic mass is 10.2. The fraction of sp³-hybridized carbons (Fsp3) is 0.357. The van der Waals surface area contributed by atoms with Gasteiger partial charge in [0.2, 0.25) is 0 Å². The SMILES string of the molecule is C#CCN(CC1CC1)c1ccc(C#N)cc1Br. The molecule has 2 rings (SSSR count). The third-order valence-electron chi connectivity index (χ3n) is 2.88. The molecule has 17 heavy (non-hydrogen) atoms. The predicted octanol–water partition coefficient (Wildman–Crippen LogP) is 3.17. The first-order valence-corrected chi connectivity index (χ1v) is 6.42. The Hall–Kier alpha value is -1.45. The van der Waals surface area contributed by atoms with Crippen molar-refractivity contribution >= 4 is 21.6 Å². The zero-order valence-corrected chi connectivity index (χ0v) is 11.1. The summed E-state index contributed by atoms with van der Waals surface area (Å²) in [6.07, 6.45) is 8.01. The number of nitriles is 1. The zero-order valence-electron chi connectivity index (χ0n) is 9.49. The largest absolute Gasteiger partial charge is 0.359 e. The fourth-order valence-electron chi connectivity index (χ4n) is 1.80. The van der Waals surface area contributed by atoms with Crippen LogP contribution in [-0.4, -0.2) is 13.1 Å². The molecule has 3 heteroatoms. The van der Waals surface area contributed by atoms with E-state index in [1.54, 1.807) is 0 Å². The number of benzene rings is 1. The van der Waals surface area contributed by atoms with E-state index < -0.39 is 0 Å². The quantitative estimate of drug-likeness (QED) is 0.796. The van der Waals surface area contributed by atoms with Crippen LogP contribution in [0.1, 0.15) is 18.4 Å². The van der Waals surface area contributed by atoms with E-state index in [-0.39, 0.29) is 0 Å². The lowest BCUT2D eigenvalue weighted by Crippen LogP contribution is -2.26. The standard InChI is InChI=1S/C14H13BrN2/c1-2-7-17(10-11-3-4-11)14-6-5-12(9-16)8-13(14)15/h1,5-6,8,11H,3-4,7,10H2. The van der Waals surface area contributed by atoms with E-state index in [1.807, 2.05) is 18.2 Å². The molecule has 0 unspecified atom stereocenters. The summed E-state index contributed by atoms with van der Waals surface area (Å²) in [6.45, 7) is 1.62. The van der Waals surface area contributed by atoms with Gasteiger partial charge in [-0.3, -0.25) is 0 Å². The molecule has 0 radical (unpaired) electrons. The molecule has 0 aromatic heterocycles. The van der Waals surface area contributed by atoms with Gasteiger partial charge in [-0.1, -0.05) is 5.92 Å². The van der Waals surface area contributed by atoms with E-state index >= 15 is 0 Å². The van der Waals surface area contributed by atoms with Crippen molar-refractivity contribution in [2.24, 2.45) is 5.92 Å². The van der Waals surface area contributed by atoms with Crippen molar-refractivity contribution in [3.8, 4) is 18.4 Å². The number of halogens is 1. The van der Waals surface area contributed by atoms with Gasteiger partial charge in [0, 0.05) is 11.0 Å². The second-order valence-electron chi connectivity index (χ2n) is 4.31. The highest BCUT2D eigenvalue weighted by Gasteiger charge is 2.24. The summed E-state index contributed by atoms with van der Waals surface area (Å²) in [5.41, 5.74) is 1.74. The van der Waals surface area contributed by atoms with Crippen LogP contribution in [0.15, 0.2) is 22.7 Å². The molecule has 0 saturated heterocycles. The summed E-state index contributed by atoms with van der Waals surface area (Å²) in [5.74, 6) is 3.48. The molecule has 1 saturated carbocycles. The third kappa shape index (κ3) is 3.02. The molecular formula is C14H13BrN2. The van der Waals surface area contributed by atoms with Crippen molar-refractivity contribution in [1.29, 1.82) is 5.26 Å². The van der Waals surface area contributed by atoms with Crippen LogP contribution in [0.2, 0.25) is 0 Å². The van der Waals surface area contributed by atoms with Crippen LogP contribution < -0.4 is 4.90 Å². The number of rotatable bonds is 4. The summed E-state index contributed by atoms with van der Waals surface area (Å²) in [5, 5.41) is 8.83. The second kappa shape index (κ2) is 5.25. The maximum absolute atomic E-state index is 8.83. The minimum atomic E-state index is 0.612. The highest BCUT2D eigenvalue weighted by atomic mass is 79.9. The van der Waals surface area contributed by atoms with Crippen molar-refractivity contribution in [3.63, 3.8) is 0 Å². The van der Waals surface area contributed by atoms with Gasteiger partial charge in [-0.25, -0.2) is 0 Å². The average molecular weight is 289 g/mol. The van der Waals surface area contributed by atoms with Gasteiger partial charge in [0.1, 0.15) is 0 Å². The van der Waals surface area contributed by atoms with Crippen LogP contribution in [0.25, 0.3) is 0 Å². The highest BCUT2D eigenvalue weighted by molar-refractivity contribution is 9.10. The van der Waals surface area contributed by atoms with Gasteiger partial charge < -0.3 is 4.90 Å². The predicted molar refractivity (Wildman–Crippen MR) is 72.6 cm³/mol. The average Bonchev–Trinajstić information content (AvgIpc) is 3.12. The molecule has 0 spiro atoms. The van der Waals surface area contributed by atoms with E-state index in [2.05, 4.69) is 32.8 Å². The van der Waals surface area contributed by atoms with Crippen LogP contribution in [0.5, 0.6) is 0 Å². The van der Waals surface area contributed by atoms with E-state index in [0.29, 0.717) is 12.1 Å². The molecule has 1 aromatic carbocycles. The van der Waals surface area contributed by atoms with Crippen LogP contribution >= 0.6 is 15.9 Å². The van der Waals surface area contributed by atoms with Crippen LogP contribution in [0.3, 0.4) is 0 Å². The molecule has 1 aromatic rings. The molecule has 1 aliphatic carbocycles. The third-order valence-corrected chi connectivity index (χ3v) is 3.51. The van der Waals surface area contributed by atoms with Gasteiger partial charge in [0.25, 0.3) is 0 Å². The minimum Gasteiger partial charge on any atom is -0.359 e. The molecule has 86 valence electrons. The van der Waals surface area contributed by atoms with Gasteiger partial charge in [0.15, 0.2) is 0 Å². The number of hydrogen-bond acceptors (Lipinski definition) is 2. The first-order chi connectivity index (χ1) is 8.24. The number of anilines is 1. The van der Waals surface area contributed by atoms with Gasteiger partial charge in [-0.2, -0.15) is 5.26 Å². The Balaban J connectivity index is 2.22. The monoisotopic (exact) mass is 288 g/mol. The first kappa shape index (κ1) is 12.0. The van der Waals surface area contributed by atoms with E-state index in [9.17, 15) is 0 Å². The lowest BCUT2D eigenvalue weighted by Gasteiger charge is -2.23. The van der Waals surface area contributed by atoms with Gasteiger partial charge >= 0.3 is 0 Å². The topological polar surface area (TPSA) is 27.0 Å². The molecule has 0 amide bonds. The molecule has 2 nitrogen and oxygen atoms in total. The Morgan fingerprint density at radius 2 is 2.24 bits per heavy atom. The summed E-state index contributed by atoms with van der Waals surface area (Å²) in [4.78, 5) is 2.20. The highest BCUT2D eigenvalue weighted by Crippen LogP contribution is 2.34. The normalized spacial score (nSPS) is 13.8. The van der Waals surface area contributed by atoms with Crippen LogP contribution in [0.4, 0.5) is 5.69 Å². The smallest absolute Gasteiger partial charge is 0.0992 e. The summed E-state index contributed by atoms with van der Waals surface area (Å²) in [6, 6.07) is 7.76. The fourth-order valence-corrected chi connectivity index (χ4v) is 2.43. The summed E-state index contributed by atoms with van der Waals surface area (Å²) in [7, 11) is 0. The van der Waals surface area contributed by atoms with Crippen molar-refractivity contribution in [2.45, 2.75) is 12.8 Å². The number of nitrogens with zero attached hydrogens (tertiary/aromatic N) is 2. The summed E-state index contributed by atoms with van der Waals surface area (Å²) >= 11 is 3.51. The van der Waals surface area contributed by atoms with Crippen molar-refractivity contribution in [3.05, 3.63) is 28.2 Å². The molecule has 1 aliphatic rings. The van der Waals surface area contributed by atoms with Crippen LogP contribution in [0, 0.1) is 29.6 Å². The molecular weight excluding hydrogens is 276 g/mol. The number of hydrogen-bond donors (Lipinski definition) is 0. The second-order valence-corrected chi connectivity index (χ2v) is 5.16. The molecule has 0 heterocycles. The van der Waals surface area contributed by atoms with Crippen molar-refractivity contribution in [1.82, 2.24) is 0 Å². The van der Waals surface area contributed by atoms with Gasteiger partial charge in [-0.15, -0.1) is 6.42 Å². The van der Waals surface area contributed by atoms with E-state index in [1.165, 1.54) is 12.8 Å². The Labute approximate surface area is 110 Å². The van der Waals surface area contributed by atoms with Crippen molar-refractivity contribution in [2.75, 3.05) is 18.0 Å². The molecule has 0 bridgehead atoms. The molecule has 1 fully saturated rings.